The lowest BCUT2D eigenvalue weighted by atomic mass is 10.3. The molecule has 84 valence electrons. The molecular weight excluding hydrogens is 248 g/mol. The second kappa shape index (κ2) is 5.11. The summed E-state index contributed by atoms with van der Waals surface area (Å²) in [6.07, 6.45) is 0. The van der Waals surface area contributed by atoms with E-state index in [1.54, 1.807) is 12.1 Å². The Kier molecular flexibility index (Phi) is 3.55. The lowest BCUT2D eigenvalue weighted by Gasteiger charge is -2.05. The highest BCUT2D eigenvalue weighted by Crippen LogP contribution is 2.21. The van der Waals surface area contributed by atoms with Gasteiger partial charge in [-0.05, 0) is 18.2 Å². The molecule has 5 nitrogen and oxygen atoms in total. The van der Waals surface area contributed by atoms with Crippen molar-refractivity contribution in [1.82, 2.24) is 9.59 Å². The van der Waals surface area contributed by atoms with Crippen molar-refractivity contribution in [3.63, 3.8) is 0 Å². The standard InChI is InChI=1S/C9H9ClN4OS/c10-6-2-1-3-7(4-6)15-5-8-9(12-11)16-14-13-8/h1-4,12H,5,11H2. The van der Waals surface area contributed by atoms with Crippen molar-refractivity contribution in [2.45, 2.75) is 6.61 Å². The lowest BCUT2D eigenvalue weighted by Crippen LogP contribution is -2.08. The molecule has 1 heterocycles. The minimum atomic E-state index is 0.302. The minimum Gasteiger partial charge on any atom is -0.487 e. The van der Waals surface area contributed by atoms with Crippen molar-refractivity contribution >= 4 is 28.1 Å². The van der Waals surface area contributed by atoms with Crippen LogP contribution in [0.25, 0.3) is 0 Å². The number of ether oxygens (including phenoxy) is 1. The summed E-state index contributed by atoms with van der Waals surface area (Å²) in [5, 5.41) is 5.22. The van der Waals surface area contributed by atoms with Gasteiger partial charge in [0.05, 0.1) is 0 Å². The van der Waals surface area contributed by atoms with E-state index in [-0.39, 0.29) is 0 Å². The van der Waals surface area contributed by atoms with Gasteiger partial charge in [0, 0.05) is 16.6 Å². The molecule has 0 fully saturated rings. The zero-order chi connectivity index (χ0) is 11.4. The molecule has 0 amide bonds. The molecule has 1 aromatic carbocycles. The fourth-order valence-electron chi connectivity index (χ4n) is 1.12. The maximum atomic E-state index is 5.83. The van der Waals surface area contributed by atoms with E-state index in [1.807, 2.05) is 12.1 Å². The van der Waals surface area contributed by atoms with Crippen molar-refractivity contribution in [3.05, 3.63) is 35.0 Å². The summed E-state index contributed by atoms with van der Waals surface area (Å²) in [4.78, 5) is 0. The van der Waals surface area contributed by atoms with Crippen molar-refractivity contribution in [2.24, 2.45) is 5.84 Å². The summed E-state index contributed by atoms with van der Waals surface area (Å²) < 4.78 is 9.26. The first-order chi connectivity index (χ1) is 7.79. The Morgan fingerprint density at radius 1 is 1.50 bits per heavy atom. The average molecular weight is 257 g/mol. The summed E-state index contributed by atoms with van der Waals surface area (Å²) in [5.41, 5.74) is 3.18. The van der Waals surface area contributed by atoms with E-state index < -0.39 is 0 Å². The van der Waals surface area contributed by atoms with Crippen molar-refractivity contribution in [3.8, 4) is 5.75 Å². The van der Waals surface area contributed by atoms with Crippen molar-refractivity contribution < 1.29 is 4.74 Å². The van der Waals surface area contributed by atoms with Crippen LogP contribution in [0.3, 0.4) is 0 Å². The molecule has 0 radical (unpaired) electrons. The fraction of sp³-hybridized carbons (Fsp3) is 0.111. The average Bonchev–Trinajstić information content (AvgIpc) is 2.74. The Hall–Kier alpha value is -1.37. The number of nitrogens with one attached hydrogen (secondary N) is 1. The topological polar surface area (TPSA) is 73.1 Å². The number of hydrogen-bond donors (Lipinski definition) is 2. The number of nitrogens with zero attached hydrogens (tertiary/aromatic N) is 2. The highest BCUT2D eigenvalue weighted by Gasteiger charge is 2.07. The first-order valence-corrected chi connectivity index (χ1v) is 5.61. The highest BCUT2D eigenvalue weighted by atomic mass is 35.5. The highest BCUT2D eigenvalue weighted by molar-refractivity contribution is 7.10. The van der Waals surface area contributed by atoms with Gasteiger partial charge in [0.15, 0.2) is 5.00 Å². The van der Waals surface area contributed by atoms with Gasteiger partial charge in [-0.2, -0.15) is 0 Å². The molecule has 2 aromatic rings. The van der Waals surface area contributed by atoms with Crippen LogP contribution in [-0.2, 0) is 6.61 Å². The quantitative estimate of drug-likeness (QED) is 0.647. The number of benzene rings is 1. The fourth-order valence-corrected chi connectivity index (χ4v) is 1.78. The number of rotatable bonds is 4. The summed E-state index contributed by atoms with van der Waals surface area (Å²) in [6, 6.07) is 7.16. The zero-order valence-electron chi connectivity index (χ0n) is 8.18. The van der Waals surface area contributed by atoms with Gasteiger partial charge < -0.3 is 10.2 Å². The molecule has 0 saturated carbocycles. The van der Waals surface area contributed by atoms with E-state index >= 15 is 0 Å². The Labute approximate surface area is 101 Å². The van der Waals surface area contributed by atoms with Crippen LogP contribution in [0.1, 0.15) is 5.69 Å². The van der Waals surface area contributed by atoms with Gasteiger partial charge in [-0.3, -0.25) is 0 Å². The summed E-state index contributed by atoms with van der Waals surface area (Å²) in [6.45, 7) is 0.302. The number of aromatic nitrogens is 2. The van der Waals surface area contributed by atoms with E-state index in [4.69, 9.17) is 22.2 Å². The SMILES string of the molecule is NNc1snnc1COc1cccc(Cl)c1. The van der Waals surface area contributed by atoms with E-state index in [1.165, 1.54) is 11.5 Å². The monoisotopic (exact) mass is 256 g/mol. The molecule has 7 heteroatoms. The Morgan fingerprint density at radius 2 is 2.38 bits per heavy atom. The molecule has 0 aliphatic rings. The largest absolute Gasteiger partial charge is 0.487 e. The van der Waals surface area contributed by atoms with Crippen LogP contribution < -0.4 is 16.0 Å². The van der Waals surface area contributed by atoms with E-state index in [2.05, 4.69) is 15.0 Å². The van der Waals surface area contributed by atoms with Crippen LogP contribution in [0.5, 0.6) is 5.75 Å². The maximum Gasteiger partial charge on any atom is 0.150 e. The van der Waals surface area contributed by atoms with Crippen LogP contribution in [0.2, 0.25) is 5.02 Å². The van der Waals surface area contributed by atoms with Gasteiger partial charge in [0.1, 0.15) is 18.1 Å². The smallest absolute Gasteiger partial charge is 0.150 e. The number of hydrogen-bond acceptors (Lipinski definition) is 6. The minimum absolute atomic E-state index is 0.302. The molecule has 2 rings (SSSR count). The first-order valence-electron chi connectivity index (χ1n) is 4.46. The summed E-state index contributed by atoms with van der Waals surface area (Å²) in [5.74, 6) is 5.98. The lowest BCUT2D eigenvalue weighted by molar-refractivity contribution is 0.302. The third kappa shape index (κ3) is 2.60. The molecular formula is C9H9ClN4OS. The van der Waals surface area contributed by atoms with Crippen molar-refractivity contribution in [2.75, 3.05) is 5.43 Å². The Balaban J connectivity index is 2.02. The van der Waals surface area contributed by atoms with Crippen LogP contribution in [0.4, 0.5) is 5.00 Å². The molecule has 0 aliphatic carbocycles. The van der Waals surface area contributed by atoms with Crippen LogP contribution >= 0.6 is 23.1 Å². The van der Waals surface area contributed by atoms with Gasteiger partial charge >= 0.3 is 0 Å². The normalized spacial score (nSPS) is 10.1. The second-order valence-corrected chi connectivity index (χ2v) is 4.13. The summed E-state index contributed by atoms with van der Waals surface area (Å²) >= 11 is 7.01. The Morgan fingerprint density at radius 3 is 3.12 bits per heavy atom. The van der Waals surface area contributed by atoms with E-state index in [0.29, 0.717) is 28.1 Å². The number of halogens is 1. The molecule has 0 atom stereocenters. The van der Waals surface area contributed by atoms with Gasteiger partial charge in [-0.1, -0.05) is 22.2 Å². The van der Waals surface area contributed by atoms with Crippen LogP contribution in [-0.4, -0.2) is 9.59 Å². The summed E-state index contributed by atoms with van der Waals surface area (Å²) in [7, 11) is 0. The van der Waals surface area contributed by atoms with Gasteiger partial charge in [-0.25, -0.2) is 5.84 Å². The van der Waals surface area contributed by atoms with E-state index in [0.717, 1.165) is 0 Å². The molecule has 0 spiro atoms. The van der Waals surface area contributed by atoms with Crippen molar-refractivity contribution in [1.29, 1.82) is 0 Å². The molecule has 1 aromatic heterocycles. The molecule has 3 N–H and O–H groups in total. The van der Waals surface area contributed by atoms with Crippen LogP contribution in [0, 0.1) is 0 Å². The number of nitrogens with two attached hydrogens (primary N) is 1. The zero-order valence-corrected chi connectivity index (χ0v) is 9.76. The number of nitrogen functional groups attached to an aromatic ring is 1. The molecule has 0 aliphatic heterocycles. The number of hydrazine groups is 1. The van der Waals surface area contributed by atoms with Gasteiger partial charge in [0.2, 0.25) is 0 Å². The molecule has 16 heavy (non-hydrogen) atoms. The van der Waals surface area contributed by atoms with Gasteiger partial charge in [-0.15, -0.1) is 5.10 Å². The maximum absolute atomic E-state index is 5.83. The molecule has 0 saturated heterocycles. The predicted molar refractivity (Wildman–Crippen MR) is 63.5 cm³/mol. The third-order valence-corrected chi connectivity index (χ3v) is 2.79. The Bertz CT molecular complexity index is 476. The molecule has 0 unspecified atom stereocenters. The third-order valence-electron chi connectivity index (χ3n) is 1.86. The predicted octanol–water partition coefficient (Wildman–Crippen LogP) is 2.06. The first kappa shape index (κ1) is 11.1. The number of anilines is 1. The molecule has 0 bridgehead atoms. The second-order valence-electron chi connectivity index (χ2n) is 2.94. The van der Waals surface area contributed by atoms with Crippen LogP contribution in [0.15, 0.2) is 24.3 Å². The van der Waals surface area contributed by atoms with Gasteiger partial charge in [0.25, 0.3) is 0 Å². The van der Waals surface area contributed by atoms with E-state index in [9.17, 15) is 0 Å².